The smallest absolute Gasteiger partial charge is 0.268 e. The number of carbonyl (C=O) groups is 1. The number of hydrogen-bond donors (Lipinski definition) is 1. The molecule has 0 unspecified atom stereocenters. The summed E-state index contributed by atoms with van der Waals surface area (Å²) in [5.41, 5.74) is -0.0845. The Morgan fingerprint density at radius 2 is 2.04 bits per heavy atom. The highest BCUT2D eigenvalue weighted by Crippen LogP contribution is 2.30. The lowest BCUT2D eigenvalue weighted by molar-refractivity contribution is -0.112. The molecule has 0 radical (unpaired) electrons. The average molecular weight is 431 g/mol. The highest BCUT2D eigenvalue weighted by Gasteiger charge is 2.15. The largest absolute Gasteiger partial charge is 0.450 e. The van der Waals surface area contributed by atoms with Gasteiger partial charge in [0.1, 0.15) is 22.4 Å². The van der Waals surface area contributed by atoms with Crippen LogP contribution < -0.4 is 5.32 Å². The topological polar surface area (TPSA) is 91.8 Å². The van der Waals surface area contributed by atoms with Crippen LogP contribution in [-0.4, -0.2) is 16.1 Å². The highest BCUT2D eigenvalue weighted by atomic mass is 35.5. The van der Waals surface area contributed by atoms with Gasteiger partial charge in [0.25, 0.3) is 5.91 Å². The second kappa shape index (κ2) is 9.06. The summed E-state index contributed by atoms with van der Waals surface area (Å²) in [6.45, 7) is 3.98. The van der Waals surface area contributed by atoms with Crippen LogP contribution in [0.5, 0.6) is 0 Å². The Labute approximate surface area is 175 Å². The maximum absolute atomic E-state index is 12.3. The van der Waals surface area contributed by atoms with Crippen molar-refractivity contribution in [3.8, 4) is 6.07 Å². The van der Waals surface area contributed by atoms with Crippen LogP contribution in [0.25, 0.3) is 6.08 Å². The normalized spacial score (nSPS) is 11.5. The van der Waals surface area contributed by atoms with Crippen molar-refractivity contribution in [2.45, 2.75) is 29.8 Å². The summed E-state index contributed by atoms with van der Waals surface area (Å²) < 4.78 is 5.68. The van der Waals surface area contributed by atoms with Crippen LogP contribution in [0.15, 0.2) is 56.4 Å². The molecule has 0 saturated carbocycles. The highest BCUT2D eigenvalue weighted by molar-refractivity contribution is 7.99. The zero-order valence-electron chi connectivity index (χ0n) is 15.0. The second-order valence-electron chi connectivity index (χ2n) is 5.94. The van der Waals surface area contributed by atoms with Gasteiger partial charge in [-0.05, 0) is 36.4 Å². The van der Waals surface area contributed by atoms with Gasteiger partial charge in [-0.1, -0.05) is 48.5 Å². The van der Waals surface area contributed by atoms with Gasteiger partial charge in [-0.15, -0.1) is 10.2 Å². The van der Waals surface area contributed by atoms with E-state index in [0.29, 0.717) is 21.0 Å². The lowest BCUT2D eigenvalue weighted by Crippen LogP contribution is -2.13. The molecule has 0 aliphatic heterocycles. The van der Waals surface area contributed by atoms with E-state index in [1.54, 1.807) is 24.3 Å². The summed E-state index contributed by atoms with van der Waals surface area (Å²) in [5, 5.41) is 22.3. The minimum Gasteiger partial charge on any atom is -0.450 e. The number of benzene rings is 1. The van der Waals surface area contributed by atoms with Gasteiger partial charge in [-0.3, -0.25) is 10.1 Å². The van der Waals surface area contributed by atoms with Crippen molar-refractivity contribution in [1.82, 2.24) is 10.2 Å². The fourth-order valence-corrected chi connectivity index (χ4v) is 3.70. The number of anilines is 1. The van der Waals surface area contributed by atoms with Crippen LogP contribution in [0.4, 0.5) is 5.13 Å². The fraction of sp³-hybridized carbons (Fsp3) is 0.158. The van der Waals surface area contributed by atoms with Gasteiger partial charge in [0.2, 0.25) is 5.13 Å². The van der Waals surface area contributed by atoms with Crippen LogP contribution in [-0.2, 0) is 4.79 Å². The number of halogens is 1. The van der Waals surface area contributed by atoms with Crippen molar-refractivity contribution in [2.24, 2.45) is 0 Å². The van der Waals surface area contributed by atoms with E-state index in [1.807, 2.05) is 32.0 Å². The van der Waals surface area contributed by atoms with Crippen LogP contribution in [0.2, 0.25) is 5.02 Å². The quantitative estimate of drug-likeness (QED) is 0.404. The molecule has 3 rings (SSSR count). The number of nitrogens with one attached hydrogen (secondary N) is 1. The molecule has 0 bridgehead atoms. The van der Waals surface area contributed by atoms with Gasteiger partial charge in [0.05, 0.1) is 0 Å². The zero-order chi connectivity index (χ0) is 20.1. The summed E-state index contributed by atoms with van der Waals surface area (Å²) in [6.07, 6.45) is 1.39. The van der Waals surface area contributed by atoms with Crippen molar-refractivity contribution < 1.29 is 9.21 Å². The molecule has 142 valence electrons. The van der Waals surface area contributed by atoms with Crippen LogP contribution in [0.3, 0.4) is 0 Å². The number of aromatic nitrogens is 2. The van der Waals surface area contributed by atoms with Crippen molar-refractivity contribution in [3.63, 3.8) is 0 Å². The number of hydrogen-bond acceptors (Lipinski definition) is 7. The standard InChI is InChI=1S/C19H15ClN4O2S2/c1-11(2)18-23-24-19(28-18)22-17(25)12(10-21)9-14-5-8-16(26-14)27-15-6-3-13(20)4-7-15/h3-9,11H,1-2H3,(H,22,24,25)/b12-9-. The van der Waals surface area contributed by atoms with Crippen molar-refractivity contribution in [3.05, 3.63) is 57.8 Å². The maximum atomic E-state index is 12.3. The minimum absolute atomic E-state index is 0.0845. The van der Waals surface area contributed by atoms with Gasteiger partial charge >= 0.3 is 0 Å². The molecule has 6 nitrogen and oxygen atoms in total. The monoisotopic (exact) mass is 430 g/mol. The molecule has 9 heteroatoms. The van der Waals surface area contributed by atoms with E-state index in [0.717, 1.165) is 9.90 Å². The van der Waals surface area contributed by atoms with E-state index in [-0.39, 0.29) is 11.5 Å². The van der Waals surface area contributed by atoms with Crippen molar-refractivity contribution >= 4 is 51.8 Å². The zero-order valence-corrected chi connectivity index (χ0v) is 17.4. The Kier molecular flexibility index (Phi) is 6.52. The molecule has 0 atom stereocenters. The Hall–Kier alpha value is -2.60. The summed E-state index contributed by atoms with van der Waals surface area (Å²) in [4.78, 5) is 13.3. The van der Waals surface area contributed by atoms with Crippen LogP contribution in [0, 0.1) is 11.3 Å². The summed E-state index contributed by atoms with van der Waals surface area (Å²) in [6, 6.07) is 12.7. The first kappa shape index (κ1) is 20.1. The van der Waals surface area contributed by atoms with Crippen molar-refractivity contribution in [1.29, 1.82) is 5.26 Å². The van der Waals surface area contributed by atoms with E-state index in [9.17, 15) is 10.1 Å². The number of nitriles is 1. The minimum atomic E-state index is -0.558. The van der Waals surface area contributed by atoms with E-state index in [1.165, 1.54) is 29.2 Å². The Morgan fingerprint density at radius 3 is 2.68 bits per heavy atom. The molecular formula is C19H15ClN4O2S2. The first-order valence-electron chi connectivity index (χ1n) is 8.24. The molecule has 0 spiro atoms. The van der Waals surface area contributed by atoms with Gasteiger partial charge in [0, 0.05) is 21.9 Å². The third-order valence-electron chi connectivity index (χ3n) is 3.44. The lowest BCUT2D eigenvalue weighted by Gasteiger charge is -1.99. The Morgan fingerprint density at radius 1 is 1.29 bits per heavy atom. The van der Waals surface area contributed by atoms with E-state index < -0.39 is 5.91 Å². The molecule has 28 heavy (non-hydrogen) atoms. The average Bonchev–Trinajstić information content (AvgIpc) is 3.31. The number of nitrogens with zero attached hydrogens (tertiary/aromatic N) is 3. The number of furan rings is 1. The summed E-state index contributed by atoms with van der Waals surface area (Å²) in [7, 11) is 0. The Balaban J connectivity index is 1.69. The van der Waals surface area contributed by atoms with Crippen LogP contribution in [0.1, 0.15) is 30.5 Å². The molecule has 0 fully saturated rings. The van der Waals surface area contributed by atoms with Gasteiger partial charge in [-0.25, -0.2) is 0 Å². The number of carbonyl (C=O) groups excluding carboxylic acids is 1. The third kappa shape index (κ3) is 5.23. The van der Waals surface area contributed by atoms with Gasteiger partial charge in [-0.2, -0.15) is 5.26 Å². The first-order chi connectivity index (χ1) is 13.4. The molecule has 1 N–H and O–H groups in total. The molecule has 2 aromatic heterocycles. The van der Waals surface area contributed by atoms with E-state index in [4.69, 9.17) is 16.0 Å². The molecule has 0 aliphatic rings. The maximum Gasteiger partial charge on any atom is 0.268 e. The predicted molar refractivity (Wildman–Crippen MR) is 111 cm³/mol. The second-order valence-corrected chi connectivity index (χ2v) is 8.46. The van der Waals surface area contributed by atoms with Crippen molar-refractivity contribution in [2.75, 3.05) is 5.32 Å². The van der Waals surface area contributed by atoms with Crippen LogP contribution >= 0.6 is 34.7 Å². The van der Waals surface area contributed by atoms with E-state index >= 15 is 0 Å². The molecule has 3 aromatic rings. The summed E-state index contributed by atoms with van der Waals surface area (Å²) in [5.74, 6) is 0.0642. The Bertz CT molecular complexity index is 1050. The number of amides is 1. The molecule has 2 heterocycles. The van der Waals surface area contributed by atoms with Gasteiger partial charge in [0.15, 0.2) is 5.09 Å². The molecule has 0 aliphatic carbocycles. The first-order valence-corrected chi connectivity index (χ1v) is 10.3. The molecule has 1 aromatic carbocycles. The predicted octanol–water partition coefficient (Wildman–Crippen LogP) is 5.60. The fourth-order valence-electron chi connectivity index (χ4n) is 2.06. The molecular weight excluding hydrogens is 416 g/mol. The summed E-state index contributed by atoms with van der Waals surface area (Å²) >= 11 is 8.58. The third-order valence-corrected chi connectivity index (χ3v) is 5.76. The SMILES string of the molecule is CC(C)c1nnc(NC(=O)/C(C#N)=C\c2ccc(Sc3ccc(Cl)cc3)o2)s1. The number of rotatable bonds is 6. The lowest BCUT2D eigenvalue weighted by atomic mass is 10.2. The van der Waals surface area contributed by atoms with E-state index in [2.05, 4.69) is 15.5 Å². The molecule has 1 amide bonds. The molecule has 0 saturated heterocycles. The van der Waals surface area contributed by atoms with Gasteiger partial charge < -0.3 is 4.42 Å².